The first-order valence-corrected chi connectivity index (χ1v) is 6.69. The zero-order chi connectivity index (χ0) is 13.2. The summed E-state index contributed by atoms with van der Waals surface area (Å²) in [6.07, 6.45) is 7.25. The van der Waals surface area contributed by atoms with Crippen molar-refractivity contribution in [2.45, 2.75) is 17.1 Å². The number of aromatic nitrogens is 6. The SMILES string of the molecule is CCNc1cn2ccnc2c(Sc2nncn2C)n1. The Kier molecular flexibility index (Phi) is 3.08. The Morgan fingerprint density at radius 2 is 2.32 bits per heavy atom. The van der Waals surface area contributed by atoms with Gasteiger partial charge in [0.05, 0.1) is 6.20 Å². The zero-order valence-corrected chi connectivity index (χ0v) is 11.4. The highest BCUT2D eigenvalue weighted by Crippen LogP contribution is 2.27. The van der Waals surface area contributed by atoms with Gasteiger partial charge in [-0.15, -0.1) is 10.2 Å². The first-order chi connectivity index (χ1) is 9.28. The van der Waals surface area contributed by atoms with Crippen LogP contribution in [0.2, 0.25) is 0 Å². The van der Waals surface area contributed by atoms with E-state index in [1.54, 1.807) is 12.5 Å². The summed E-state index contributed by atoms with van der Waals surface area (Å²) in [5, 5.41) is 12.7. The quantitative estimate of drug-likeness (QED) is 0.776. The second-order valence-corrected chi connectivity index (χ2v) is 4.90. The third-order valence-corrected chi connectivity index (χ3v) is 3.58. The molecule has 0 saturated heterocycles. The van der Waals surface area contributed by atoms with Crippen LogP contribution in [-0.2, 0) is 7.05 Å². The number of hydrogen-bond acceptors (Lipinski definition) is 6. The highest BCUT2D eigenvalue weighted by molar-refractivity contribution is 7.99. The Hall–Kier alpha value is -2.09. The van der Waals surface area contributed by atoms with Crippen LogP contribution < -0.4 is 5.32 Å². The molecule has 1 N–H and O–H groups in total. The summed E-state index contributed by atoms with van der Waals surface area (Å²) in [5.41, 5.74) is 0.814. The molecule has 19 heavy (non-hydrogen) atoms. The molecule has 3 aromatic rings. The predicted molar refractivity (Wildman–Crippen MR) is 72.3 cm³/mol. The van der Waals surface area contributed by atoms with Gasteiger partial charge >= 0.3 is 0 Å². The molecule has 0 unspecified atom stereocenters. The largest absolute Gasteiger partial charge is 0.369 e. The molecule has 8 heteroatoms. The van der Waals surface area contributed by atoms with E-state index in [-0.39, 0.29) is 0 Å². The Balaban J connectivity index is 2.05. The van der Waals surface area contributed by atoms with Gasteiger partial charge in [-0.1, -0.05) is 0 Å². The van der Waals surface area contributed by atoms with E-state index in [2.05, 4.69) is 25.5 Å². The molecular weight excluding hydrogens is 262 g/mol. The van der Waals surface area contributed by atoms with Crippen LogP contribution in [0.25, 0.3) is 5.65 Å². The van der Waals surface area contributed by atoms with Gasteiger partial charge in [-0.2, -0.15) is 0 Å². The lowest BCUT2D eigenvalue weighted by molar-refractivity contribution is 0.787. The van der Waals surface area contributed by atoms with E-state index < -0.39 is 0 Å². The number of nitrogens with one attached hydrogen (secondary N) is 1. The van der Waals surface area contributed by atoms with Crippen molar-refractivity contribution >= 4 is 23.2 Å². The maximum absolute atomic E-state index is 4.57. The van der Waals surface area contributed by atoms with Gasteiger partial charge in [0.2, 0.25) is 0 Å². The van der Waals surface area contributed by atoms with Crippen LogP contribution in [-0.4, -0.2) is 35.7 Å². The lowest BCUT2D eigenvalue weighted by atomic mass is 10.6. The molecule has 0 aliphatic heterocycles. The minimum Gasteiger partial charge on any atom is -0.369 e. The van der Waals surface area contributed by atoms with Crippen molar-refractivity contribution in [3.8, 4) is 0 Å². The van der Waals surface area contributed by atoms with Gasteiger partial charge in [0.15, 0.2) is 10.8 Å². The summed E-state index contributed by atoms with van der Waals surface area (Å²) < 4.78 is 3.80. The van der Waals surface area contributed by atoms with Crippen molar-refractivity contribution in [3.63, 3.8) is 0 Å². The number of imidazole rings is 1. The number of aryl methyl sites for hydroxylation is 1. The maximum Gasteiger partial charge on any atom is 0.197 e. The van der Waals surface area contributed by atoms with Crippen LogP contribution in [0.1, 0.15) is 6.92 Å². The minimum absolute atomic E-state index is 0.783. The molecule has 0 bridgehead atoms. The maximum atomic E-state index is 4.57. The van der Waals surface area contributed by atoms with Gasteiger partial charge in [-0.05, 0) is 18.7 Å². The molecule has 0 spiro atoms. The fraction of sp³-hybridized carbons (Fsp3) is 0.273. The van der Waals surface area contributed by atoms with Crippen molar-refractivity contribution < 1.29 is 0 Å². The summed E-state index contributed by atoms with van der Waals surface area (Å²) in [6.45, 7) is 2.86. The molecule has 3 rings (SSSR count). The molecule has 0 radical (unpaired) electrons. The molecule has 0 fully saturated rings. The fourth-order valence-corrected chi connectivity index (χ4v) is 2.53. The molecule has 0 aliphatic carbocycles. The average molecular weight is 275 g/mol. The Bertz CT molecular complexity index is 702. The third kappa shape index (κ3) is 2.26. The van der Waals surface area contributed by atoms with Crippen LogP contribution >= 0.6 is 11.8 Å². The van der Waals surface area contributed by atoms with Crippen LogP contribution in [0.4, 0.5) is 5.82 Å². The number of fused-ring (bicyclic) bond motifs is 1. The Labute approximate surface area is 114 Å². The summed E-state index contributed by atoms with van der Waals surface area (Å²) in [6, 6.07) is 0. The highest BCUT2D eigenvalue weighted by Gasteiger charge is 2.12. The molecule has 7 nitrogen and oxygen atoms in total. The van der Waals surface area contributed by atoms with Crippen LogP contribution in [0.5, 0.6) is 0 Å². The standard InChI is InChI=1S/C11H13N7S/c1-3-12-8-6-18-5-4-13-9(18)10(15-8)19-11-16-14-7-17(11)2/h4-7,12H,3H2,1-2H3. The molecule has 0 aromatic carbocycles. The summed E-state index contributed by atoms with van der Waals surface area (Å²) >= 11 is 1.45. The molecule has 0 aliphatic rings. The van der Waals surface area contributed by atoms with E-state index in [1.807, 2.05) is 35.3 Å². The van der Waals surface area contributed by atoms with E-state index in [0.29, 0.717) is 0 Å². The second-order valence-electron chi connectivity index (χ2n) is 3.95. The van der Waals surface area contributed by atoms with Gasteiger partial charge in [-0.25, -0.2) is 9.97 Å². The minimum atomic E-state index is 0.783. The Morgan fingerprint density at radius 3 is 3.05 bits per heavy atom. The van der Waals surface area contributed by atoms with Crippen LogP contribution in [0.15, 0.2) is 35.1 Å². The van der Waals surface area contributed by atoms with E-state index >= 15 is 0 Å². The van der Waals surface area contributed by atoms with Gasteiger partial charge in [0.25, 0.3) is 0 Å². The average Bonchev–Trinajstić information content (AvgIpc) is 3.00. The highest BCUT2D eigenvalue weighted by atomic mass is 32.2. The van der Waals surface area contributed by atoms with E-state index in [4.69, 9.17) is 0 Å². The van der Waals surface area contributed by atoms with Gasteiger partial charge in [0.1, 0.15) is 17.2 Å². The molecule has 0 saturated carbocycles. The molecule has 3 heterocycles. The van der Waals surface area contributed by atoms with Crippen molar-refractivity contribution in [2.75, 3.05) is 11.9 Å². The summed E-state index contributed by atoms with van der Waals surface area (Å²) in [4.78, 5) is 8.89. The normalized spacial score (nSPS) is 11.1. The van der Waals surface area contributed by atoms with Gasteiger partial charge < -0.3 is 14.3 Å². The van der Waals surface area contributed by atoms with E-state index in [1.165, 1.54) is 11.8 Å². The first-order valence-electron chi connectivity index (χ1n) is 5.87. The smallest absolute Gasteiger partial charge is 0.197 e. The van der Waals surface area contributed by atoms with Crippen molar-refractivity contribution in [1.82, 2.24) is 29.1 Å². The summed E-state index contributed by atoms with van der Waals surface area (Å²) in [5.74, 6) is 0.817. The zero-order valence-electron chi connectivity index (χ0n) is 10.6. The third-order valence-electron chi connectivity index (χ3n) is 2.56. The Morgan fingerprint density at radius 1 is 1.42 bits per heavy atom. The van der Waals surface area contributed by atoms with Crippen LogP contribution in [0, 0.1) is 0 Å². The van der Waals surface area contributed by atoms with E-state index in [9.17, 15) is 0 Å². The predicted octanol–water partition coefficient (Wildman–Crippen LogP) is 1.44. The van der Waals surface area contributed by atoms with Crippen LogP contribution in [0.3, 0.4) is 0 Å². The van der Waals surface area contributed by atoms with Crippen molar-refractivity contribution in [2.24, 2.45) is 7.05 Å². The number of rotatable bonds is 4. The topological polar surface area (TPSA) is 72.9 Å². The lowest BCUT2D eigenvalue weighted by Gasteiger charge is -2.07. The monoisotopic (exact) mass is 275 g/mol. The molecular formula is C11H13N7S. The first kappa shape index (κ1) is 12.0. The van der Waals surface area contributed by atoms with Gasteiger partial charge in [-0.3, -0.25) is 0 Å². The van der Waals surface area contributed by atoms with Gasteiger partial charge in [0, 0.05) is 26.0 Å². The van der Waals surface area contributed by atoms with E-state index in [0.717, 1.165) is 28.2 Å². The molecule has 98 valence electrons. The number of nitrogens with zero attached hydrogens (tertiary/aromatic N) is 6. The lowest BCUT2D eigenvalue weighted by Crippen LogP contribution is -2.03. The second kappa shape index (κ2) is 4.88. The van der Waals surface area contributed by atoms with Crippen molar-refractivity contribution in [3.05, 3.63) is 24.9 Å². The summed E-state index contributed by atoms with van der Waals surface area (Å²) in [7, 11) is 1.90. The molecule has 0 amide bonds. The van der Waals surface area contributed by atoms with Crippen molar-refractivity contribution in [1.29, 1.82) is 0 Å². The fourth-order valence-electron chi connectivity index (χ4n) is 1.69. The molecule has 3 aromatic heterocycles. The number of anilines is 1. The molecule has 0 atom stereocenters. The number of hydrogen-bond donors (Lipinski definition) is 1.